The number of rotatable bonds is 7. The summed E-state index contributed by atoms with van der Waals surface area (Å²) in [5.41, 5.74) is 6.22. The lowest BCUT2D eigenvalue weighted by Gasteiger charge is -2.21. The van der Waals surface area contributed by atoms with Gasteiger partial charge >= 0.3 is 6.18 Å². The summed E-state index contributed by atoms with van der Waals surface area (Å²) in [5.74, 6) is -0.121. The van der Waals surface area contributed by atoms with E-state index in [4.69, 9.17) is 5.73 Å². The Morgan fingerprint density at radius 3 is 2.52 bits per heavy atom. The molecule has 130 valence electrons. The number of nitrogens with two attached hydrogens (primary N) is 1. The van der Waals surface area contributed by atoms with Crippen LogP contribution in [0.4, 0.5) is 13.2 Å². The fourth-order valence-corrected chi connectivity index (χ4v) is 1.75. The predicted molar refractivity (Wildman–Crippen MR) is 80.2 cm³/mol. The van der Waals surface area contributed by atoms with Crippen LogP contribution in [0.15, 0.2) is 18.3 Å². The van der Waals surface area contributed by atoms with Crippen LogP contribution in [0.2, 0.25) is 0 Å². The summed E-state index contributed by atoms with van der Waals surface area (Å²) in [6.45, 7) is 3.09. The van der Waals surface area contributed by atoms with Gasteiger partial charge in [-0.25, -0.2) is 4.98 Å². The monoisotopic (exact) mass is 333 g/mol. The molecule has 1 unspecified atom stereocenters. The number of carbonyl (C=O) groups is 1. The highest BCUT2D eigenvalue weighted by molar-refractivity contribution is 5.93. The summed E-state index contributed by atoms with van der Waals surface area (Å²) in [7, 11) is 1.64. The quantitative estimate of drug-likeness (QED) is 0.832. The molecule has 0 fully saturated rings. The van der Waals surface area contributed by atoms with Crippen molar-refractivity contribution in [2.24, 2.45) is 11.7 Å². The summed E-state index contributed by atoms with van der Waals surface area (Å²) < 4.78 is 40.6. The topological polar surface area (TPSA) is 68.5 Å². The van der Waals surface area contributed by atoms with Crippen molar-refractivity contribution in [3.05, 3.63) is 23.9 Å². The van der Waals surface area contributed by atoms with Gasteiger partial charge < -0.3 is 15.4 Å². The third-order valence-corrected chi connectivity index (χ3v) is 3.37. The van der Waals surface area contributed by atoms with Crippen LogP contribution < -0.4 is 10.5 Å². The number of nitrogens with zero attached hydrogens (tertiary/aromatic N) is 2. The first-order chi connectivity index (χ1) is 10.6. The zero-order valence-electron chi connectivity index (χ0n) is 13.4. The molecule has 0 radical (unpaired) electrons. The van der Waals surface area contributed by atoms with E-state index in [1.807, 2.05) is 13.8 Å². The molecule has 23 heavy (non-hydrogen) atoms. The molecule has 1 rings (SSSR count). The highest BCUT2D eigenvalue weighted by atomic mass is 19.4. The number of hydrogen-bond donors (Lipinski definition) is 1. The molecule has 0 saturated heterocycles. The number of halogens is 3. The largest absolute Gasteiger partial charge is 0.468 e. The molecule has 1 atom stereocenters. The fourth-order valence-electron chi connectivity index (χ4n) is 1.75. The Labute approximate surface area is 133 Å². The van der Waals surface area contributed by atoms with Gasteiger partial charge in [-0.1, -0.05) is 13.8 Å². The standard InChI is InChI=1S/C15H22F3N3O2/c1-10(2)12(19)6-7-21(3)14(22)11-4-5-13(20-8-11)23-9-15(16,17)18/h4-5,8,10,12H,6-7,9,19H2,1-3H3. The molecule has 0 bridgehead atoms. The van der Waals surface area contributed by atoms with Crippen LogP contribution in [0.3, 0.4) is 0 Å². The van der Waals surface area contributed by atoms with Crippen molar-refractivity contribution in [1.82, 2.24) is 9.88 Å². The third-order valence-electron chi connectivity index (χ3n) is 3.37. The van der Waals surface area contributed by atoms with Crippen molar-refractivity contribution in [2.75, 3.05) is 20.2 Å². The van der Waals surface area contributed by atoms with Crippen molar-refractivity contribution in [3.63, 3.8) is 0 Å². The van der Waals surface area contributed by atoms with E-state index in [9.17, 15) is 18.0 Å². The van der Waals surface area contributed by atoms with Gasteiger partial charge in [0, 0.05) is 31.9 Å². The minimum absolute atomic E-state index is 0.00141. The Kier molecular flexibility index (Phi) is 6.80. The first-order valence-electron chi connectivity index (χ1n) is 7.27. The van der Waals surface area contributed by atoms with E-state index in [0.717, 1.165) is 0 Å². The van der Waals surface area contributed by atoms with Gasteiger partial charge in [0.2, 0.25) is 5.88 Å². The molecule has 0 saturated carbocycles. The van der Waals surface area contributed by atoms with E-state index < -0.39 is 12.8 Å². The van der Waals surface area contributed by atoms with Crippen LogP contribution in [0.1, 0.15) is 30.6 Å². The van der Waals surface area contributed by atoms with Crippen molar-refractivity contribution in [1.29, 1.82) is 0 Å². The molecule has 2 N–H and O–H groups in total. The van der Waals surface area contributed by atoms with Crippen LogP contribution in [-0.2, 0) is 0 Å². The van der Waals surface area contributed by atoms with Gasteiger partial charge in [-0.3, -0.25) is 4.79 Å². The predicted octanol–water partition coefficient (Wildman–Crippen LogP) is 2.47. The van der Waals surface area contributed by atoms with Gasteiger partial charge in [0.15, 0.2) is 6.61 Å². The maximum Gasteiger partial charge on any atom is 0.422 e. The van der Waals surface area contributed by atoms with Crippen LogP contribution in [-0.4, -0.2) is 48.2 Å². The van der Waals surface area contributed by atoms with Crippen molar-refractivity contribution in [3.8, 4) is 5.88 Å². The maximum atomic E-state index is 12.2. The molecule has 1 heterocycles. The minimum Gasteiger partial charge on any atom is -0.468 e. The lowest BCUT2D eigenvalue weighted by molar-refractivity contribution is -0.154. The normalized spacial score (nSPS) is 13.0. The number of pyridine rings is 1. The minimum atomic E-state index is -4.43. The molecule has 8 heteroatoms. The number of amides is 1. The molecule has 1 aromatic rings. The lowest BCUT2D eigenvalue weighted by atomic mass is 10.0. The van der Waals surface area contributed by atoms with E-state index >= 15 is 0 Å². The summed E-state index contributed by atoms with van der Waals surface area (Å²) in [6, 6.07) is 2.63. The van der Waals surface area contributed by atoms with Gasteiger partial charge in [0.05, 0.1) is 5.56 Å². The number of ether oxygens (including phenoxy) is 1. The zero-order chi connectivity index (χ0) is 17.6. The molecule has 0 aromatic carbocycles. The van der Waals surface area contributed by atoms with Gasteiger partial charge in [0.25, 0.3) is 5.91 Å². The second-order valence-corrected chi connectivity index (χ2v) is 5.71. The fraction of sp³-hybridized carbons (Fsp3) is 0.600. The molecule has 1 amide bonds. The molecule has 1 aromatic heterocycles. The average Bonchev–Trinajstić information content (AvgIpc) is 2.49. The molecule has 0 spiro atoms. The van der Waals surface area contributed by atoms with Gasteiger partial charge in [-0.05, 0) is 18.4 Å². The number of alkyl halides is 3. The summed E-state index contributed by atoms with van der Waals surface area (Å²) in [6.07, 6.45) is -2.56. The van der Waals surface area contributed by atoms with Gasteiger partial charge in [0.1, 0.15) is 0 Å². The zero-order valence-corrected chi connectivity index (χ0v) is 13.4. The highest BCUT2D eigenvalue weighted by Gasteiger charge is 2.28. The van der Waals surface area contributed by atoms with E-state index in [0.29, 0.717) is 18.9 Å². The van der Waals surface area contributed by atoms with Crippen LogP contribution in [0, 0.1) is 5.92 Å². The van der Waals surface area contributed by atoms with Gasteiger partial charge in [-0.2, -0.15) is 13.2 Å². The van der Waals surface area contributed by atoms with Crippen molar-refractivity contribution >= 4 is 5.91 Å². The van der Waals surface area contributed by atoms with Gasteiger partial charge in [-0.15, -0.1) is 0 Å². The van der Waals surface area contributed by atoms with E-state index in [-0.39, 0.29) is 23.4 Å². The number of carbonyl (C=O) groups excluding carboxylic acids is 1. The number of aromatic nitrogens is 1. The van der Waals surface area contributed by atoms with E-state index in [1.54, 1.807) is 7.05 Å². The third kappa shape index (κ3) is 6.85. The Bertz CT molecular complexity index is 504. The maximum absolute atomic E-state index is 12.2. The van der Waals surface area contributed by atoms with Crippen molar-refractivity contribution < 1.29 is 22.7 Å². The molecule has 0 aliphatic rings. The Morgan fingerprint density at radius 1 is 1.39 bits per heavy atom. The molecular weight excluding hydrogens is 311 g/mol. The summed E-state index contributed by atoms with van der Waals surface area (Å²) in [4.78, 5) is 17.4. The van der Waals surface area contributed by atoms with Crippen molar-refractivity contribution in [2.45, 2.75) is 32.5 Å². The van der Waals surface area contributed by atoms with Crippen LogP contribution >= 0.6 is 0 Å². The second-order valence-electron chi connectivity index (χ2n) is 5.71. The highest BCUT2D eigenvalue weighted by Crippen LogP contribution is 2.17. The Hall–Kier alpha value is -1.83. The van der Waals surface area contributed by atoms with Crippen LogP contribution in [0.25, 0.3) is 0 Å². The lowest BCUT2D eigenvalue weighted by Crippen LogP contribution is -2.34. The van der Waals surface area contributed by atoms with Crippen LogP contribution in [0.5, 0.6) is 5.88 Å². The van der Waals surface area contributed by atoms with E-state index in [1.165, 1.54) is 23.2 Å². The molecule has 5 nitrogen and oxygen atoms in total. The second kappa shape index (κ2) is 8.14. The molecule has 0 aliphatic heterocycles. The SMILES string of the molecule is CC(C)C(N)CCN(C)C(=O)c1ccc(OCC(F)(F)F)nc1. The molecule has 0 aliphatic carbocycles. The first kappa shape index (κ1) is 19.2. The molecular formula is C15H22F3N3O2. The Balaban J connectivity index is 2.56. The number of hydrogen-bond acceptors (Lipinski definition) is 4. The summed E-state index contributed by atoms with van der Waals surface area (Å²) in [5, 5.41) is 0. The summed E-state index contributed by atoms with van der Waals surface area (Å²) >= 11 is 0. The smallest absolute Gasteiger partial charge is 0.422 e. The Morgan fingerprint density at radius 2 is 2.04 bits per heavy atom. The first-order valence-corrected chi connectivity index (χ1v) is 7.27. The average molecular weight is 333 g/mol. The van der Waals surface area contributed by atoms with E-state index in [2.05, 4.69) is 9.72 Å².